The third kappa shape index (κ3) is 6.19. The van der Waals surface area contributed by atoms with Crippen molar-refractivity contribution in [1.82, 2.24) is 15.1 Å². The quantitative estimate of drug-likeness (QED) is 0.708. The molecule has 1 aromatic heterocycles. The Bertz CT molecular complexity index is 713. The molecule has 8 nitrogen and oxygen atoms in total. The van der Waals surface area contributed by atoms with Crippen LogP contribution in [0.2, 0.25) is 0 Å². The van der Waals surface area contributed by atoms with Gasteiger partial charge < -0.3 is 20.9 Å². The summed E-state index contributed by atoms with van der Waals surface area (Å²) in [4.78, 5) is 25.2. The van der Waals surface area contributed by atoms with E-state index in [0.717, 1.165) is 13.1 Å². The van der Waals surface area contributed by atoms with Gasteiger partial charge in [0.1, 0.15) is 5.82 Å². The first-order valence-corrected chi connectivity index (χ1v) is 7.85. The van der Waals surface area contributed by atoms with Crippen LogP contribution in [0.4, 0.5) is 17.2 Å². The van der Waals surface area contributed by atoms with E-state index >= 15 is 0 Å². The number of rotatable bonds is 7. The summed E-state index contributed by atoms with van der Waals surface area (Å²) in [6.07, 6.45) is 0. The summed E-state index contributed by atoms with van der Waals surface area (Å²) >= 11 is 0. The molecule has 0 saturated carbocycles. The Morgan fingerprint density at radius 1 is 0.960 bits per heavy atom. The van der Waals surface area contributed by atoms with Crippen molar-refractivity contribution in [3.63, 3.8) is 0 Å². The zero-order valence-corrected chi connectivity index (χ0v) is 14.5. The van der Waals surface area contributed by atoms with Crippen molar-refractivity contribution in [3.8, 4) is 0 Å². The number of amides is 2. The maximum atomic E-state index is 12.2. The standard InChI is InChI=1S/C17H22N6O2/c1-12(24)19-13-4-6-14(7-5-13)20-17(25)15-8-9-16(22-21-15)18-10-11-23(2)3/h4-9H,10-11H2,1-3H3,(H,18,22)(H,19,24)(H,20,25). The van der Waals surface area contributed by atoms with Crippen LogP contribution in [0, 0.1) is 0 Å². The molecule has 8 heteroatoms. The Labute approximate surface area is 146 Å². The molecule has 3 N–H and O–H groups in total. The summed E-state index contributed by atoms with van der Waals surface area (Å²) in [5, 5.41) is 16.5. The van der Waals surface area contributed by atoms with Gasteiger partial charge in [-0.1, -0.05) is 0 Å². The maximum Gasteiger partial charge on any atom is 0.276 e. The van der Waals surface area contributed by atoms with Gasteiger partial charge >= 0.3 is 0 Å². The van der Waals surface area contributed by atoms with Crippen LogP contribution in [0.3, 0.4) is 0 Å². The first kappa shape index (κ1) is 18.3. The molecule has 0 aliphatic carbocycles. The van der Waals surface area contributed by atoms with E-state index in [0.29, 0.717) is 17.2 Å². The van der Waals surface area contributed by atoms with E-state index in [1.807, 2.05) is 14.1 Å². The van der Waals surface area contributed by atoms with E-state index in [9.17, 15) is 9.59 Å². The molecule has 1 aromatic carbocycles. The summed E-state index contributed by atoms with van der Waals surface area (Å²) in [5.41, 5.74) is 1.50. The molecule has 132 valence electrons. The van der Waals surface area contributed by atoms with Crippen molar-refractivity contribution in [2.24, 2.45) is 0 Å². The minimum Gasteiger partial charge on any atom is -0.367 e. The average molecular weight is 342 g/mol. The predicted octanol–water partition coefficient (Wildman–Crippen LogP) is 1.66. The number of hydrogen-bond acceptors (Lipinski definition) is 6. The Balaban J connectivity index is 1.90. The van der Waals surface area contributed by atoms with Crippen LogP contribution in [0.15, 0.2) is 36.4 Å². The van der Waals surface area contributed by atoms with Crippen molar-refractivity contribution >= 4 is 29.0 Å². The molecule has 0 bridgehead atoms. The van der Waals surface area contributed by atoms with Crippen LogP contribution < -0.4 is 16.0 Å². The molecule has 0 radical (unpaired) electrons. The molecule has 0 aliphatic heterocycles. The van der Waals surface area contributed by atoms with Gasteiger partial charge in [-0.15, -0.1) is 10.2 Å². The SMILES string of the molecule is CC(=O)Nc1ccc(NC(=O)c2ccc(NCCN(C)C)nn2)cc1. The smallest absolute Gasteiger partial charge is 0.276 e. The third-order valence-electron chi connectivity index (χ3n) is 3.23. The van der Waals surface area contributed by atoms with Crippen LogP contribution in [-0.2, 0) is 4.79 Å². The van der Waals surface area contributed by atoms with Gasteiger partial charge in [-0.2, -0.15) is 0 Å². The summed E-state index contributed by atoms with van der Waals surface area (Å²) in [7, 11) is 3.98. The van der Waals surface area contributed by atoms with Crippen LogP contribution in [-0.4, -0.2) is 54.1 Å². The summed E-state index contributed by atoms with van der Waals surface area (Å²) in [6, 6.07) is 10.2. The number of nitrogens with one attached hydrogen (secondary N) is 3. The second kappa shape index (κ2) is 8.74. The lowest BCUT2D eigenvalue weighted by molar-refractivity contribution is -0.114. The molecule has 1 heterocycles. The summed E-state index contributed by atoms with van der Waals surface area (Å²) in [5.74, 6) is 0.129. The Morgan fingerprint density at radius 3 is 2.12 bits per heavy atom. The molecule has 0 aliphatic rings. The molecule has 2 rings (SSSR count). The summed E-state index contributed by atoms with van der Waals surface area (Å²) < 4.78 is 0. The third-order valence-corrected chi connectivity index (χ3v) is 3.23. The average Bonchev–Trinajstić information content (AvgIpc) is 2.56. The van der Waals surface area contributed by atoms with Crippen molar-refractivity contribution < 1.29 is 9.59 Å². The van der Waals surface area contributed by atoms with E-state index in [-0.39, 0.29) is 17.5 Å². The zero-order chi connectivity index (χ0) is 18.2. The van der Waals surface area contributed by atoms with Gasteiger partial charge in [0.05, 0.1) is 0 Å². The number of aromatic nitrogens is 2. The number of nitrogens with zero attached hydrogens (tertiary/aromatic N) is 3. The highest BCUT2D eigenvalue weighted by molar-refractivity contribution is 6.03. The highest BCUT2D eigenvalue weighted by atomic mass is 16.2. The lowest BCUT2D eigenvalue weighted by atomic mass is 10.2. The van der Waals surface area contributed by atoms with Crippen molar-refractivity contribution in [3.05, 3.63) is 42.1 Å². The number of likely N-dealkylation sites (N-methyl/N-ethyl adjacent to an activating group) is 1. The van der Waals surface area contributed by atoms with Crippen LogP contribution in [0.25, 0.3) is 0 Å². The van der Waals surface area contributed by atoms with E-state index in [2.05, 4.69) is 31.0 Å². The first-order valence-electron chi connectivity index (χ1n) is 7.85. The van der Waals surface area contributed by atoms with Gasteiger partial charge in [0.15, 0.2) is 5.69 Å². The Kier molecular flexibility index (Phi) is 6.41. The van der Waals surface area contributed by atoms with Crippen molar-refractivity contribution in [2.45, 2.75) is 6.92 Å². The molecule has 2 amide bonds. The Hall–Kier alpha value is -3.00. The molecule has 0 spiro atoms. The van der Waals surface area contributed by atoms with Gasteiger partial charge in [0, 0.05) is 31.4 Å². The number of benzene rings is 1. The van der Waals surface area contributed by atoms with Crippen LogP contribution >= 0.6 is 0 Å². The topological polar surface area (TPSA) is 99.2 Å². The number of hydrogen-bond donors (Lipinski definition) is 3. The Morgan fingerprint density at radius 2 is 1.60 bits per heavy atom. The van der Waals surface area contributed by atoms with Gasteiger partial charge in [0.25, 0.3) is 5.91 Å². The van der Waals surface area contributed by atoms with E-state index in [4.69, 9.17) is 0 Å². The lowest BCUT2D eigenvalue weighted by Gasteiger charge is -2.10. The normalized spacial score (nSPS) is 10.4. The highest BCUT2D eigenvalue weighted by Gasteiger charge is 2.09. The monoisotopic (exact) mass is 342 g/mol. The summed E-state index contributed by atoms with van der Waals surface area (Å²) in [6.45, 7) is 3.06. The molecular formula is C17H22N6O2. The van der Waals surface area contributed by atoms with Gasteiger partial charge in [0.2, 0.25) is 5.91 Å². The molecule has 25 heavy (non-hydrogen) atoms. The van der Waals surface area contributed by atoms with E-state index < -0.39 is 0 Å². The fourth-order valence-electron chi connectivity index (χ4n) is 1.99. The molecule has 0 fully saturated rings. The lowest BCUT2D eigenvalue weighted by Crippen LogP contribution is -2.21. The molecule has 0 saturated heterocycles. The van der Waals surface area contributed by atoms with Crippen molar-refractivity contribution in [1.29, 1.82) is 0 Å². The predicted molar refractivity (Wildman–Crippen MR) is 97.8 cm³/mol. The van der Waals surface area contributed by atoms with E-state index in [1.54, 1.807) is 36.4 Å². The highest BCUT2D eigenvalue weighted by Crippen LogP contribution is 2.14. The minimum atomic E-state index is -0.348. The second-order valence-electron chi connectivity index (χ2n) is 5.75. The van der Waals surface area contributed by atoms with Gasteiger partial charge in [-0.3, -0.25) is 9.59 Å². The zero-order valence-electron chi connectivity index (χ0n) is 14.5. The largest absolute Gasteiger partial charge is 0.367 e. The number of carbonyl (C=O) groups is 2. The number of carbonyl (C=O) groups excluding carboxylic acids is 2. The fraction of sp³-hybridized carbons (Fsp3) is 0.294. The van der Waals surface area contributed by atoms with Crippen LogP contribution in [0.1, 0.15) is 17.4 Å². The maximum absolute atomic E-state index is 12.2. The second-order valence-corrected chi connectivity index (χ2v) is 5.75. The fourth-order valence-corrected chi connectivity index (χ4v) is 1.99. The van der Waals surface area contributed by atoms with Crippen molar-refractivity contribution in [2.75, 3.05) is 43.1 Å². The van der Waals surface area contributed by atoms with Crippen LogP contribution in [0.5, 0.6) is 0 Å². The van der Waals surface area contributed by atoms with Gasteiger partial charge in [-0.25, -0.2) is 0 Å². The van der Waals surface area contributed by atoms with Gasteiger partial charge in [-0.05, 0) is 50.5 Å². The molecular weight excluding hydrogens is 320 g/mol. The molecule has 0 atom stereocenters. The molecule has 0 unspecified atom stereocenters. The van der Waals surface area contributed by atoms with E-state index in [1.165, 1.54) is 6.92 Å². The first-order chi connectivity index (χ1) is 11.9. The molecule has 2 aromatic rings. The number of anilines is 3. The minimum absolute atomic E-state index is 0.147.